The van der Waals surface area contributed by atoms with Gasteiger partial charge in [0, 0.05) is 5.71 Å². The number of rotatable bonds is 0. The lowest BCUT2D eigenvalue weighted by atomic mass is 9.52. The number of aliphatic hydroxyl groups excluding tert-OH is 1. The molecule has 0 aliphatic heterocycles. The van der Waals surface area contributed by atoms with Gasteiger partial charge in [-0.3, -0.25) is 0 Å². The van der Waals surface area contributed by atoms with Crippen LogP contribution >= 0.6 is 0 Å². The van der Waals surface area contributed by atoms with Gasteiger partial charge in [0.15, 0.2) is 0 Å². The molecule has 3 fully saturated rings. The highest BCUT2D eigenvalue weighted by atomic mass is 16.3. The lowest BCUT2D eigenvalue weighted by Gasteiger charge is -2.53. The maximum absolute atomic E-state index is 10.4. The van der Waals surface area contributed by atoms with E-state index in [2.05, 4.69) is 13.0 Å². The summed E-state index contributed by atoms with van der Waals surface area (Å²) in [5, 5.41) is 18.3. The van der Waals surface area contributed by atoms with Crippen molar-refractivity contribution in [3.63, 3.8) is 0 Å². The average Bonchev–Trinajstić information content (AvgIpc) is 2.74. The van der Waals surface area contributed by atoms with Gasteiger partial charge in [0.2, 0.25) is 0 Å². The molecule has 4 rings (SSSR count). The van der Waals surface area contributed by atoms with Crippen molar-refractivity contribution in [1.82, 2.24) is 0 Å². The Hall–Kier alpha value is -0.630. The summed E-state index contributed by atoms with van der Waals surface area (Å²) in [5.74, 6) is 3.23. The van der Waals surface area contributed by atoms with E-state index < -0.39 is 0 Å². The predicted octanol–water partition coefficient (Wildman–Crippen LogP) is 3.94. The zero-order valence-corrected chi connectivity index (χ0v) is 12.6. The first-order valence-electron chi connectivity index (χ1n) is 8.55. The Bertz CT molecular complexity index is 468. The summed E-state index contributed by atoms with van der Waals surface area (Å²) in [6.45, 7) is 2.35. The topological polar surface area (TPSA) is 44.1 Å². The molecule has 0 spiro atoms. The molecule has 110 valence electrons. The number of allylic oxidation sites excluding steroid dienone is 2. The summed E-state index contributed by atoms with van der Waals surface area (Å²) in [4.78, 5) is 0. The van der Waals surface area contributed by atoms with Gasteiger partial charge in [0.25, 0.3) is 0 Å². The van der Waals surface area contributed by atoms with Crippen molar-refractivity contribution in [2.75, 3.05) is 0 Å². The van der Waals surface area contributed by atoms with Crippen LogP contribution in [0.25, 0.3) is 0 Å². The van der Waals surface area contributed by atoms with Crippen LogP contribution in [0.2, 0.25) is 0 Å². The van der Waals surface area contributed by atoms with Crippen LogP contribution in [0.5, 0.6) is 0 Å². The van der Waals surface area contributed by atoms with Crippen LogP contribution in [-0.2, 0) is 0 Å². The van der Waals surface area contributed by atoms with E-state index in [9.17, 15) is 5.11 Å². The van der Waals surface area contributed by atoms with E-state index >= 15 is 0 Å². The first kappa shape index (κ1) is 13.1. The SMILES string of the molecule is CC12CCC3C4CCC(=N)C=C4CCC3C1CCC2O. The van der Waals surface area contributed by atoms with Crippen molar-refractivity contribution in [2.24, 2.45) is 29.1 Å². The summed E-state index contributed by atoms with van der Waals surface area (Å²) in [7, 11) is 0. The highest BCUT2D eigenvalue weighted by Gasteiger charge is 2.55. The maximum atomic E-state index is 10.4. The molecule has 0 radical (unpaired) electrons. The lowest BCUT2D eigenvalue weighted by molar-refractivity contribution is -0.0525. The summed E-state index contributed by atoms with van der Waals surface area (Å²) in [6, 6.07) is 0. The van der Waals surface area contributed by atoms with Crippen LogP contribution in [-0.4, -0.2) is 16.9 Å². The fourth-order valence-corrected chi connectivity index (χ4v) is 6.18. The fourth-order valence-electron chi connectivity index (χ4n) is 6.18. The van der Waals surface area contributed by atoms with E-state index in [4.69, 9.17) is 5.41 Å². The largest absolute Gasteiger partial charge is 0.393 e. The zero-order valence-electron chi connectivity index (χ0n) is 12.6. The monoisotopic (exact) mass is 273 g/mol. The van der Waals surface area contributed by atoms with E-state index in [1.807, 2.05) is 0 Å². The van der Waals surface area contributed by atoms with Crippen LogP contribution < -0.4 is 0 Å². The molecule has 0 bridgehead atoms. The standard InChI is InChI=1S/C18H27NO/c1-18-9-8-14-13-5-3-12(19)10-11(13)2-4-15(14)16(18)6-7-17(18)20/h10,13-17,19-20H,2-9H2,1H3. The second-order valence-electron chi connectivity index (χ2n) is 8.00. The minimum absolute atomic E-state index is 0.0510. The highest BCUT2D eigenvalue weighted by molar-refractivity contribution is 5.93. The van der Waals surface area contributed by atoms with Gasteiger partial charge in [0.1, 0.15) is 0 Å². The average molecular weight is 273 g/mol. The van der Waals surface area contributed by atoms with Gasteiger partial charge in [0.05, 0.1) is 6.10 Å². The quantitative estimate of drug-likeness (QED) is 0.690. The molecule has 4 aliphatic rings. The van der Waals surface area contributed by atoms with Gasteiger partial charge in [-0.2, -0.15) is 0 Å². The minimum atomic E-state index is -0.0510. The van der Waals surface area contributed by atoms with Crippen molar-refractivity contribution in [3.05, 3.63) is 11.6 Å². The van der Waals surface area contributed by atoms with Gasteiger partial charge in [-0.1, -0.05) is 12.5 Å². The van der Waals surface area contributed by atoms with E-state index in [0.717, 1.165) is 42.2 Å². The van der Waals surface area contributed by atoms with Crippen LogP contribution in [0.4, 0.5) is 0 Å². The number of hydrogen-bond donors (Lipinski definition) is 2. The van der Waals surface area contributed by atoms with Crippen molar-refractivity contribution >= 4 is 5.71 Å². The summed E-state index contributed by atoms with van der Waals surface area (Å²) >= 11 is 0. The molecule has 20 heavy (non-hydrogen) atoms. The third kappa shape index (κ3) is 1.70. The Morgan fingerprint density at radius 1 is 1.10 bits per heavy atom. The molecular weight excluding hydrogens is 246 g/mol. The molecule has 6 atom stereocenters. The highest BCUT2D eigenvalue weighted by Crippen LogP contribution is 2.61. The summed E-state index contributed by atoms with van der Waals surface area (Å²) in [5.41, 5.74) is 2.65. The maximum Gasteiger partial charge on any atom is 0.0596 e. The molecule has 0 saturated heterocycles. The molecule has 0 heterocycles. The van der Waals surface area contributed by atoms with Crippen molar-refractivity contribution < 1.29 is 5.11 Å². The molecular formula is C18H27NO. The number of nitrogens with one attached hydrogen (secondary N) is 1. The van der Waals surface area contributed by atoms with Crippen LogP contribution in [0.3, 0.4) is 0 Å². The van der Waals surface area contributed by atoms with Crippen molar-refractivity contribution in [2.45, 2.75) is 64.4 Å². The molecule has 0 aromatic carbocycles. The molecule has 4 aliphatic carbocycles. The van der Waals surface area contributed by atoms with Gasteiger partial charge >= 0.3 is 0 Å². The molecule has 3 saturated carbocycles. The van der Waals surface area contributed by atoms with Gasteiger partial charge in [-0.15, -0.1) is 0 Å². The normalized spacial score (nSPS) is 51.0. The molecule has 6 unspecified atom stereocenters. The predicted molar refractivity (Wildman–Crippen MR) is 80.8 cm³/mol. The summed E-state index contributed by atoms with van der Waals surface area (Å²) < 4.78 is 0. The third-order valence-electron chi connectivity index (χ3n) is 7.29. The van der Waals surface area contributed by atoms with Gasteiger partial charge in [-0.05, 0) is 86.5 Å². The summed E-state index contributed by atoms with van der Waals surface area (Å²) in [6.07, 6.45) is 11.7. The van der Waals surface area contributed by atoms with E-state index in [1.54, 1.807) is 5.57 Å². The Kier molecular flexibility index (Phi) is 2.89. The Labute approximate surface area is 122 Å². The lowest BCUT2D eigenvalue weighted by Crippen LogP contribution is -2.47. The minimum Gasteiger partial charge on any atom is -0.393 e. The van der Waals surface area contributed by atoms with E-state index in [0.29, 0.717) is 0 Å². The molecule has 2 N–H and O–H groups in total. The van der Waals surface area contributed by atoms with Crippen molar-refractivity contribution in [1.29, 1.82) is 5.41 Å². The first-order valence-corrected chi connectivity index (χ1v) is 8.55. The van der Waals surface area contributed by atoms with Crippen LogP contribution in [0.15, 0.2) is 11.6 Å². The van der Waals surface area contributed by atoms with E-state index in [-0.39, 0.29) is 11.5 Å². The number of fused-ring (bicyclic) bond motifs is 5. The third-order valence-corrected chi connectivity index (χ3v) is 7.29. The first-order chi connectivity index (χ1) is 9.59. The molecule has 0 aromatic heterocycles. The Balaban J connectivity index is 1.63. The second kappa shape index (κ2) is 4.43. The molecule has 2 heteroatoms. The molecule has 0 aromatic rings. The van der Waals surface area contributed by atoms with Gasteiger partial charge < -0.3 is 10.5 Å². The number of hydrogen-bond acceptors (Lipinski definition) is 2. The zero-order chi connectivity index (χ0) is 13.9. The fraction of sp³-hybridized carbons (Fsp3) is 0.833. The Morgan fingerprint density at radius 3 is 2.80 bits per heavy atom. The molecule has 2 nitrogen and oxygen atoms in total. The van der Waals surface area contributed by atoms with Crippen LogP contribution in [0, 0.1) is 34.5 Å². The smallest absolute Gasteiger partial charge is 0.0596 e. The van der Waals surface area contributed by atoms with Gasteiger partial charge in [-0.25, -0.2) is 0 Å². The van der Waals surface area contributed by atoms with E-state index in [1.165, 1.54) is 38.5 Å². The number of aliphatic hydroxyl groups is 1. The van der Waals surface area contributed by atoms with Crippen LogP contribution in [0.1, 0.15) is 58.3 Å². The molecule has 0 amide bonds. The Morgan fingerprint density at radius 2 is 1.95 bits per heavy atom. The second-order valence-corrected chi connectivity index (χ2v) is 8.00. The van der Waals surface area contributed by atoms with Crippen molar-refractivity contribution in [3.8, 4) is 0 Å².